The van der Waals surface area contributed by atoms with Crippen LogP contribution in [0.5, 0.6) is 0 Å². The second kappa shape index (κ2) is 6.22. The van der Waals surface area contributed by atoms with Crippen molar-refractivity contribution in [2.75, 3.05) is 0 Å². The third kappa shape index (κ3) is 3.04. The number of rotatable bonds is 0. The van der Waals surface area contributed by atoms with Crippen LogP contribution in [0.15, 0.2) is 79.4 Å². The van der Waals surface area contributed by atoms with Crippen molar-refractivity contribution in [1.29, 1.82) is 0 Å². The lowest BCUT2D eigenvalue weighted by Crippen LogP contribution is -2.00. The van der Waals surface area contributed by atoms with Crippen LogP contribution < -0.4 is 0 Å². The first-order valence-corrected chi connectivity index (χ1v) is 7.10. The Morgan fingerprint density at radius 2 is 1.32 bits per heavy atom. The summed E-state index contributed by atoms with van der Waals surface area (Å²) in [6, 6.07) is 21.4. The number of carbonyl (C=O) groups excluding carboxylic acids is 1. The Labute approximate surface area is 128 Å². The second-order valence-corrected chi connectivity index (χ2v) is 5.04. The van der Waals surface area contributed by atoms with Crippen LogP contribution in [0.1, 0.15) is 11.7 Å². The maximum Gasteiger partial charge on any atom is 0.228 e. The van der Waals surface area contributed by atoms with Gasteiger partial charge < -0.3 is 0 Å². The fourth-order valence-electron chi connectivity index (χ4n) is 2.33. The number of hydrogen-bond acceptors (Lipinski definition) is 2. The molecule has 0 saturated carbocycles. The molecule has 22 heavy (non-hydrogen) atoms. The van der Waals surface area contributed by atoms with E-state index in [-0.39, 0.29) is 5.91 Å². The lowest BCUT2D eigenvalue weighted by Gasteiger charge is -2.00. The maximum absolute atomic E-state index is 10.4. The van der Waals surface area contributed by atoms with Crippen molar-refractivity contribution < 1.29 is 4.79 Å². The molecule has 0 spiro atoms. The number of aromatic nitrogens is 2. The summed E-state index contributed by atoms with van der Waals surface area (Å²) in [7, 11) is 0. The molecule has 0 N–H and O–H groups in total. The van der Waals surface area contributed by atoms with Gasteiger partial charge in [-0.25, -0.2) is 4.98 Å². The minimum atomic E-state index is -0.0116. The fraction of sp³-hybridized carbons (Fsp3) is 0.0526. The summed E-state index contributed by atoms with van der Waals surface area (Å²) in [4.78, 5) is 14.1. The van der Waals surface area contributed by atoms with E-state index in [4.69, 9.17) is 0 Å². The molecule has 0 amide bonds. The number of carbonyl (C=O) groups is 1. The summed E-state index contributed by atoms with van der Waals surface area (Å²) in [6.45, 7) is 1.49. The topological polar surface area (TPSA) is 34.9 Å². The van der Waals surface area contributed by atoms with Gasteiger partial charge in [0.05, 0.1) is 0 Å². The highest BCUT2D eigenvalue weighted by atomic mass is 16.1. The average Bonchev–Trinajstić information content (AvgIpc) is 3.08. The standard InChI is InChI=1S/C14H10.C5H6N2O/c1-2-6-12-10-14-8-4-3-7-13(14)9-11(12)5-1;1-5(8)7-3-2-6-4-7/h1-10H;2-4H,1H3. The molecule has 0 aliphatic rings. The van der Waals surface area contributed by atoms with Crippen LogP contribution in [0.3, 0.4) is 0 Å². The number of nitrogens with zero attached hydrogens (tertiary/aromatic N) is 2. The van der Waals surface area contributed by atoms with Crippen LogP contribution in [-0.4, -0.2) is 15.5 Å². The molecule has 0 fully saturated rings. The second-order valence-electron chi connectivity index (χ2n) is 5.04. The van der Waals surface area contributed by atoms with Gasteiger partial charge in [0.25, 0.3) is 0 Å². The molecule has 3 aromatic carbocycles. The van der Waals surface area contributed by atoms with Crippen LogP contribution >= 0.6 is 0 Å². The molecule has 0 aliphatic carbocycles. The van der Waals surface area contributed by atoms with Crippen molar-refractivity contribution >= 4 is 27.5 Å². The molecular formula is C19H16N2O. The van der Waals surface area contributed by atoms with Crippen molar-refractivity contribution in [1.82, 2.24) is 9.55 Å². The van der Waals surface area contributed by atoms with E-state index < -0.39 is 0 Å². The molecule has 0 bridgehead atoms. The summed E-state index contributed by atoms with van der Waals surface area (Å²) in [5.41, 5.74) is 0. The molecule has 3 nitrogen and oxygen atoms in total. The van der Waals surface area contributed by atoms with E-state index in [0.29, 0.717) is 0 Å². The first-order valence-electron chi connectivity index (χ1n) is 7.10. The lowest BCUT2D eigenvalue weighted by atomic mass is 10.0. The maximum atomic E-state index is 10.4. The van der Waals surface area contributed by atoms with Gasteiger partial charge in [-0.15, -0.1) is 0 Å². The van der Waals surface area contributed by atoms with Gasteiger partial charge >= 0.3 is 0 Å². The van der Waals surface area contributed by atoms with E-state index in [2.05, 4.69) is 65.6 Å². The molecule has 0 radical (unpaired) electrons. The Balaban J connectivity index is 0.000000154. The number of imidazole rings is 1. The predicted octanol–water partition coefficient (Wildman–Crippen LogP) is 4.54. The van der Waals surface area contributed by atoms with Gasteiger partial charge in [-0.1, -0.05) is 48.5 Å². The van der Waals surface area contributed by atoms with Gasteiger partial charge in [-0.2, -0.15) is 0 Å². The van der Waals surface area contributed by atoms with Crippen molar-refractivity contribution in [2.24, 2.45) is 0 Å². The van der Waals surface area contributed by atoms with Crippen molar-refractivity contribution in [2.45, 2.75) is 6.92 Å². The molecule has 0 atom stereocenters. The molecule has 0 unspecified atom stereocenters. The molecule has 1 aromatic heterocycles. The lowest BCUT2D eigenvalue weighted by molar-refractivity contribution is 0.0936. The van der Waals surface area contributed by atoms with Crippen LogP contribution in [0, 0.1) is 0 Å². The third-order valence-corrected chi connectivity index (χ3v) is 3.48. The summed E-state index contributed by atoms with van der Waals surface area (Å²) in [6.07, 6.45) is 4.66. The molecule has 108 valence electrons. The minimum absolute atomic E-state index is 0.0116. The van der Waals surface area contributed by atoms with Gasteiger partial charge in [0.1, 0.15) is 6.33 Å². The van der Waals surface area contributed by atoms with Crippen molar-refractivity contribution in [3.05, 3.63) is 79.4 Å². The van der Waals surface area contributed by atoms with E-state index >= 15 is 0 Å². The Hall–Kier alpha value is -2.94. The smallest absolute Gasteiger partial charge is 0.228 e. The van der Waals surface area contributed by atoms with E-state index in [0.717, 1.165) is 0 Å². The molecule has 4 rings (SSSR count). The van der Waals surface area contributed by atoms with Crippen LogP contribution in [-0.2, 0) is 0 Å². The monoisotopic (exact) mass is 288 g/mol. The summed E-state index contributed by atoms with van der Waals surface area (Å²) < 4.78 is 1.42. The summed E-state index contributed by atoms with van der Waals surface area (Å²) >= 11 is 0. The largest absolute Gasteiger partial charge is 0.277 e. The number of benzene rings is 3. The first-order chi connectivity index (χ1) is 10.7. The van der Waals surface area contributed by atoms with E-state index in [9.17, 15) is 4.79 Å². The normalized spacial score (nSPS) is 10.2. The first kappa shape index (κ1) is 14.0. The van der Waals surface area contributed by atoms with Gasteiger partial charge in [0, 0.05) is 19.3 Å². The van der Waals surface area contributed by atoms with Gasteiger partial charge in [0.15, 0.2) is 0 Å². The Bertz CT molecular complexity index is 806. The highest BCUT2D eigenvalue weighted by molar-refractivity contribution is 5.98. The molecule has 3 heteroatoms. The molecular weight excluding hydrogens is 272 g/mol. The molecule has 1 heterocycles. The molecule has 0 aliphatic heterocycles. The quantitative estimate of drug-likeness (QED) is 0.445. The van der Waals surface area contributed by atoms with Crippen LogP contribution in [0.4, 0.5) is 0 Å². The zero-order chi connectivity index (χ0) is 15.4. The van der Waals surface area contributed by atoms with E-state index in [1.54, 1.807) is 12.4 Å². The highest BCUT2D eigenvalue weighted by Crippen LogP contribution is 2.21. The molecule has 0 saturated heterocycles. The number of hydrogen-bond donors (Lipinski definition) is 0. The zero-order valence-corrected chi connectivity index (χ0v) is 12.3. The Morgan fingerprint density at radius 1 is 0.864 bits per heavy atom. The number of fused-ring (bicyclic) bond motifs is 2. The van der Waals surface area contributed by atoms with E-state index in [1.807, 2.05) is 0 Å². The van der Waals surface area contributed by atoms with Crippen molar-refractivity contribution in [3.63, 3.8) is 0 Å². The average molecular weight is 288 g/mol. The van der Waals surface area contributed by atoms with Gasteiger partial charge in [-0.05, 0) is 33.7 Å². The fourth-order valence-corrected chi connectivity index (χ4v) is 2.33. The minimum Gasteiger partial charge on any atom is -0.277 e. The SMILES string of the molecule is CC(=O)n1ccnc1.c1ccc2cc3ccccc3cc2c1. The summed E-state index contributed by atoms with van der Waals surface area (Å²) in [5.74, 6) is -0.0116. The third-order valence-electron chi connectivity index (χ3n) is 3.48. The highest BCUT2D eigenvalue weighted by Gasteiger charge is 1.95. The predicted molar refractivity (Wildman–Crippen MR) is 90.0 cm³/mol. The van der Waals surface area contributed by atoms with Gasteiger partial charge in [-0.3, -0.25) is 9.36 Å². The zero-order valence-electron chi connectivity index (χ0n) is 12.3. The molecule has 4 aromatic rings. The Kier molecular flexibility index (Phi) is 3.97. The van der Waals surface area contributed by atoms with Crippen LogP contribution in [0.25, 0.3) is 21.5 Å². The van der Waals surface area contributed by atoms with Gasteiger partial charge in [0.2, 0.25) is 5.91 Å². The Morgan fingerprint density at radius 3 is 1.59 bits per heavy atom. The van der Waals surface area contributed by atoms with E-state index in [1.165, 1.54) is 39.4 Å². The van der Waals surface area contributed by atoms with Crippen LogP contribution in [0.2, 0.25) is 0 Å². The van der Waals surface area contributed by atoms with Crippen molar-refractivity contribution in [3.8, 4) is 0 Å². The summed E-state index contributed by atoms with van der Waals surface area (Å²) in [5, 5.41) is 5.25.